The molecule has 4 heterocycles. The van der Waals surface area contributed by atoms with Crippen molar-refractivity contribution in [1.82, 2.24) is 24.6 Å². The molecule has 3 aromatic rings. The molecule has 1 aliphatic rings. The molecule has 0 saturated carbocycles. The molecule has 7 nitrogen and oxygen atoms in total. The first-order valence-electron chi connectivity index (χ1n) is 8.99. The first kappa shape index (κ1) is 17.1. The molecule has 0 spiro atoms. The highest BCUT2D eigenvalue weighted by molar-refractivity contribution is 7.16. The Kier molecular flexibility index (Phi) is 5.21. The van der Waals surface area contributed by atoms with Crippen molar-refractivity contribution in [3.63, 3.8) is 0 Å². The molecule has 26 heavy (non-hydrogen) atoms. The monoisotopic (exact) mass is 370 g/mol. The van der Waals surface area contributed by atoms with Crippen LogP contribution in [0.3, 0.4) is 0 Å². The van der Waals surface area contributed by atoms with Gasteiger partial charge in [0.15, 0.2) is 0 Å². The van der Waals surface area contributed by atoms with Crippen LogP contribution in [0.25, 0.3) is 10.2 Å². The van der Waals surface area contributed by atoms with Crippen molar-refractivity contribution in [2.75, 3.05) is 25.0 Å². The van der Waals surface area contributed by atoms with Gasteiger partial charge in [0.05, 0.1) is 11.9 Å². The van der Waals surface area contributed by atoms with Crippen LogP contribution in [0.15, 0.2) is 40.9 Å². The Morgan fingerprint density at radius 3 is 3.12 bits per heavy atom. The van der Waals surface area contributed by atoms with Crippen molar-refractivity contribution in [1.29, 1.82) is 0 Å². The topological polar surface area (TPSA) is 75.9 Å². The number of nitrogens with one attached hydrogen (secondary N) is 1. The molecule has 1 aliphatic heterocycles. The van der Waals surface area contributed by atoms with E-state index in [1.807, 2.05) is 5.38 Å². The molecular weight excluding hydrogens is 348 g/mol. The minimum Gasteiger partial charge on any atom is -0.368 e. The fraction of sp³-hybridized carbons (Fsp3) is 0.444. The van der Waals surface area contributed by atoms with Crippen LogP contribution in [-0.2, 0) is 6.54 Å². The van der Waals surface area contributed by atoms with E-state index in [4.69, 9.17) is 0 Å². The van der Waals surface area contributed by atoms with Gasteiger partial charge in [0, 0.05) is 31.4 Å². The van der Waals surface area contributed by atoms with Gasteiger partial charge in [0.1, 0.15) is 17.0 Å². The summed E-state index contributed by atoms with van der Waals surface area (Å²) < 4.78 is 1.54. The summed E-state index contributed by atoms with van der Waals surface area (Å²) >= 11 is 1.63. The Morgan fingerprint density at radius 2 is 2.19 bits per heavy atom. The zero-order valence-corrected chi connectivity index (χ0v) is 15.4. The molecule has 3 aromatic heterocycles. The fourth-order valence-electron chi connectivity index (χ4n) is 3.51. The van der Waals surface area contributed by atoms with Gasteiger partial charge in [-0.25, -0.2) is 14.6 Å². The zero-order chi connectivity index (χ0) is 17.8. The lowest BCUT2D eigenvalue weighted by atomic mass is 10.0. The number of hydrogen-bond acceptors (Lipinski definition) is 7. The minimum absolute atomic E-state index is 0.0416. The molecule has 1 unspecified atom stereocenters. The van der Waals surface area contributed by atoms with E-state index < -0.39 is 0 Å². The van der Waals surface area contributed by atoms with Crippen molar-refractivity contribution in [2.24, 2.45) is 0 Å². The third-order valence-corrected chi connectivity index (χ3v) is 5.72. The Labute approximate surface area is 155 Å². The molecule has 0 bridgehead atoms. The van der Waals surface area contributed by atoms with Gasteiger partial charge in [0.25, 0.3) is 5.56 Å². The maximum absolute atomic E-state index is 11.8. The number of aromatic nitrogens is 4. The van der Waals surface area contributed by atoms with Crippen molar-refractivity contribution in [2.45, 2.75) is 31.8 Å². The summed E-state index contributed by atoms with van der Waals surface area (Å²) in [4.78, 5) is 24.0. The summed E-state index contributed by atoms with van der Waals surface area (Å²) in [6.07, 6.45) is 6.88. The van der Waals surface area contributed by atoms with Gasteiger partial charge in [-0.3, -0.25) is 9.69 Å². The van der Waals surface area contributed by atoms with E-state index in [0.29, 0.717) is 12.6 Å². The van der Waals surface area contributed by atoms with E-state index in [0.717, 1.165) is 42.1 Å². The van der Waals surface area contributed by atoms with Crippen molar-refractivity contribution in [3.8, 4) is 0 Å². The van der Waals surface area contributed by atoms with Crippen LogP contribution in [0.5, 0.6) is 0 Å². The van der Waals surface area contributed by atoms with Crippen LogP contribution >= 0.6 is 11.3 Å². The number of hydrogen-bond donors (Lipinski definition) is 1. The average Bonchev–Trinajstić information content (AvgIpc) is 3.16. The fourth-order valence-corrected chi connectivity index (χ4v) is 4.24. The number of piperidine rings is 1. The van der Waals surface area contributed by atoms with Crippen molar-refractivity contribution >= 4 is 27.4 Å². The highest BCUT2D eigenvalue weighted by Crippen LogP contribution is 2.24. The van der Waals surface area contributed by atoms with Gasteiger partial charge in [-0.05, 0) is 36.9 Å². The zero-order valence-electron chi connectivity index (χ0n) is 14.5. The number of anilines is 1. The maximum atomic E-state index is 11.8. The second kappa shape index (κ2) is 7.92. The van der Waals surface area contributed by atoms with E-state index in [9.17, 15) is 4.79 Å². The number of likely N-dealkylation sites (tertiary alicyclic amines) is 1. The third-order valence-electron chi connectivity index (χ3n) is 4.90. The predicted molar refractivity (Wildman–Crippen MR) is 104 cm³/mol. The smallest absolute Gasteiger partial charge is 0.266 e. The molecule has 0 aromatic carbocycles. The van der Waals surface area contributed by atoms with Crippen LogP contribution in [-0.4, -0.2) is 50.3 Å². The third kappa shape index (κ3) is 3.76. The molecule has 0 aliphatic carbocycles. The van der Waals surface area contributed by atoms with Gasteiger partial charge < -0.3 is 5.32 Å². The number of nitrogens with zero attached hydrogens (tertiary/aromatic N) is 5. The molecule has 1 N–H and O–H groups in total. The van der Waals surface area contributed by atoms with Gasteiger partial charge in [0.2, 0.25) is 0 Å². The second-order valence-electron chi connectivity index (χ2n) is 6.51. The highest BCUT2D eigenvalue weighted by Gasteiger charge is 2.22. The summed E-state index contributed by atoms with van der Waals surface area (Å²) in [7, 11) is 0. The summed E-state index contributed by atoms with van der Waals surface area (Å²) in [5.74, 6) is 0.905. The van der Waals surface area contributed by atoms with Crippen molar-refractivity contribution < 1.29 is 0 Å². The molecule has 0 amide bonds. The van der Waals surface area contributed by atoms with E-state index in [1.54, 1.807) is 40.7 Å². The van der Waals surface area contributed by atoms with Crippen molar-refractivity contribution in [3.05, 3.63) is 46.5 Å². The normalized spacial score (nSPS) is 18.2. The van der Waals surface area contributed by atoms with Crippen LogP contribution < -0.4 is 10.9 Å². The lowest BCUT2D eigenvalue weighted by Crippen LogP contribution is -2.45. The summed E-state index contributed by atoms with van der Waals surface area (Å²) in [6, 6.07) is 5.74. The molecule has 136 valence electrons. The predicted octanol–water partition coefficient (Wildman–Crippen LogP) is 2.21. The molecule has 1 atom stereocenters. The van der Waals surface area contributed by atoms with E-state index in [-0.39, 0.29) is 5.56 Å². The molecule has 0 radical (unpaired) electrons. The number of fused-ring (bicyclic) bond motifs is 1. The summed E-state index contributed by atoms with van der Waals surface area (Å²) in [6.45, 7) is 3.37. The van der Waals surface area contributed by atoms with Gasteiger partial charge in [-0.1, -0.05) is 6.42 Å². The van der Waals surface area contributed by atoms with E-state index >= 15 is 0 Å². The van der Waals surface area contributed by atoms with E-state index in [1.165, 1.54) is 12.8 Å². The highest BCUT2D eigenvalue weighted by atomic mass is 32.1. The van der Waals surface area contributed by atoms with Crippen LogP contribution in [0, 0.1) is 0 Å². The lowest BCUT2D eigenvalue weighted by molar-refractivity contribution is 0.148. The second-order valence-corrected chi connectivity index (χ2v) is 7.41. The first-order valence-corrected chi connectivity index (χ1v) is 9.87. The van der Waals surface area contributed by atoms with Gasteiger partial charge in [-0.15, -0.1) is 11.3 Å². The maximum Gasteiger partial charge on any atom is 0.266 e. The minimum atomic E-state index is -0.0416. The summed E-state index contributed by atoms with van der Waals surface area (Å²) in [5.41, 5.74) is -0.0416. The largest absolute Gasteiger partial charge is 0.368 e. The average molecular weight is 370 g/mol. The van der Waals surface area contributed by atoms with Crippen LogP contribution in [0.2, 0.25) is 0 Å². The molecular formula is C18H22N6OS. The van der Waals surface area contributed by atoms with Crippen LogP contribution in [0.1, 0.15) is 19.3 Å². The van der Waals surface area contributed by atoms with Gasteiger partial charge >= 0.3 is 0 Å². The SMILES string of the molecule is O=c1cccnn1CCN1CCCCC1CNc1ncnc2sccc12. The Balaban J connectivity index is 1.40. The van der Waals surface area contributed by atoms with Crippen LogP contribution in [0.4, 0.5) is 5.82 Å². The van der Waals surface area contributed by atoms with E-state index in [2.05, 4.69) is 31.3 Å². The Hall–Kier alpha value is -2.32. The molecule has 8 heteroatoms. The number of rotatable bonds is 6. The standard InChI is InChI=1S/C18H22N6OS/c25-16-5-3-7-22-24(16)10-9-23-8-2-1-4-14(23)12-19-17-15-6-11-26-18(15)21-13-20-17/h3,5-7,11,13-14H,1-2,4,8-10,12H2,(H,19,20,21). The Bertz CT molecular complexity index is 923. The quantitative estimate of drug-likeness (QED) is 0.717. The Morgan fingerprint density at radius 1 is 1.23 bits per heavy atom. The molecule has 4 rings (SSSR count). The first-order chi connectivity index (χ1) is 12.8. The molecule has 1 fully saturated rings. The summed E-state index contributed by atoms with van der Waals surface area (Å²) in [5, 5.41) is 10.8. The number of thiophene rings is 1. The lowest BCUT2D eigenvalue weighted by Gasteiger charge is -2.35. The van der Waals surface area contributed by atoms with Gasteiger partial charge in [-0.2, -0.15) is 5.10 Å². The molecule has 1 saturated heterocycles.